The minimum absolute atomic E-state index is 0.284. The zero-order valence-electron chi connectivity index (χ0n) is 9.87. The molecule has 0 spiro atoms. The van der Waals surface area contributed by atoms with Gasteiger partial charge in [0, 0.05) is 12.1 Å². The SMILES string of the molecule is Cc1cc(=O)cc(C(F)(F)C(F)(F)C(F)(F)C(F)(F)F)o1. The Morgan fingerprint density at radius 1 is 0.857 bits per heavy atom. The summed E-state index contributed by atoms with van der Waals surface area (Å²) in [7, 11) is 0. The van der Waals surface area contributed by atoms with Crippen molar-refractivity contribution < 1.29 is 43.9 Å². The maximum Gasteiger partial charge on any atom is 0.460 e. The van der Waals surface area contributed by atoms with Crippen LogP contribution in [0.5, 0.6) is 0 Å². The molecule has 1 heterocycles. The lowest BCUT2D eigenvalue weighted by molar-refractivity contribution is -0.401. The van der Waals surface area contributed by atoms with Gasteiger partial charge in [-0.3, -0.25) is 4.79 Å². The van der Waals surface area contributed by atoms with Crippen molar-refractivity contribution in [3.63, 3.8) is 0 Å². The Kier molecular flexibility index (Phi) is 3.86. The van der Waals surface area contributed by atoms with Crippen molar-refractivity contribution in [2.45, 2.75) is 30.9 Å². The fourth-order valence-corrected chi connectivity index (χ4v) is 1.29. The Bertz CT molecular complexity index is 585. The molecule has 0 aliphatic carbocycles. The highest BCUT2D eigenvalue weighted by Crippen LogP contribution is 2.56. The maximum absolute atomic E-state index is 13.4. The third-order valence-corrected chi connectivity index (χ3v) is 2.34. The number of hydrogen-bond donors (Lipinski definition) is 0. The molecule has 0 aliphatic heterocycles. The number of hydrogen-bond acceptors (Lipinski definition) is 2. The van der Waals surface area contributed by atoms with E-state index >= 15 is 0 Å². The molecule has 1 rings (SSSR count). The lowest BCUT2D eigenvalue weighted by atomic mass is 10.0. The Hall–Kier alpha value is -1.68. The van der Waals surface area contributed by atoms with E-state index in [2.05, 4.69) is 4.42 Å². The van der Waals surface area contributed by atoms with E-state index in [1.807, 2.05) is 0 Å². The van der Waals surface area contributed by atoms with Gasteiger partial charge in [-0.05, 0) is 6.92 Å². The number of aryl methyl sites for hydroxylation is 1. The van der Waals surface area contributed by atoms with Crippen LogP contribution >= 0.6 is 0 Å². The van der Waals surface area contributed by atoms with Crippen LogP contribution in [0.1, 0.15) is 11.5 Å². The van der Waals surface area contributed by atoms with Crippen molar-refractivity contribution in [1.82, 2.24) is 0 Å². The van der Waals surface area contributed by atoms with Crippen LogP contribution in [-0.2, 0) is 5.92 Å². The van der Waals surface area contributed by atoms with Crippen LogP contribution in [0.3, 0.4) is 0 Å². The molecule has 0 unspecified atom stereocenters. The summed E-state index contributed by atoms with van der Waals surface area (Å²) in [4.78, 5) is 10.9. The minimum Gasteiger partial charge on any atom is -0.459 e. The average Bonchev–Trinajstić information content (AvgIpc) is 2.25. The molecule has 0 fully saturated rings. The minimum atomic E-state index is -7.04. The Morgan fingerprint density at radius 3 is 1.71 bits per heavy atom. The van der Waals surface area contributed by atoms with Crippen molar-refractivity contribution in [1.29, 1.82) is 0 Å². The highest BCUT2D eigenvalue weighted by atomic mass is 19.4. The summed E-state index contributed by atoms with van der Waals surface area (Å²) in [6, 6.07) is 0.271. The summed E-state index contributed by atoms with van der Waals surface area (Å²) in [5.74, 6) is -22.9. The van der Waals surface area contributed by atoms with Gasteiger partial charge >= 0.3 is 23.9 Å². The summed E-state index contributed by atoms with van der Waals surface area (Å²) in [5.41, 5.74) is -1.32. The van der Waals surface area contributed by atoms with E-state index < -0.39 is 40.9 Å². The molecule has 0 bridgehead atoms. The molecule has 0 aromatic carbocycles. The fraction of sp³-hybridized carbons (Fsp3) is 0.500. The van der Waals surface area contributed by atoms with Gasteiger partial charge in [0.1, 0.15) is 5.76 Å². The molecule has 21 heavy (non-hydrogen) atoms. The second-order valence-corrected chi connectivity index (χ2v) is 3.99. The molecule has 1 aromatic heterocycles. The summed E-state index contributed by atoms with van der Waals surface area (Å²) in [5, 5.41) is 0. The van der Waals surface area contributed by atoms with Crippen molar-refractivity contribution >= 4 is 0 Å². The molecule has 2 nitrogen and oxygen atoms in total. The fourth-order valence-electron chi connectivity index (χ4n) is 1.29. The molecular weight excluding hydrogens is 323 g/mol. The summed E-state index contributed by atoms with van der Waals surface area (Å²) in [6.07, 6.45) is -6.93. The number of halogens is 9. The van der Waals surface area contributed by atoms with Gasteiger partial charge in [-0.1, -0.05) is 0 Å². The number of alkyl halides is 9. The number of rotatable bonds is 3. The van der Waals surface area contributed by atoms with E-state index in [1.165, 1.54) is 0 Å². The van der Waals surface area contributed by atoms with Gasteiger partial charge in [0.2, 0.25) is 0 Å². The third kappa shape index (κ3) is 2.60. The normalized spacial score (nSPS) is 14.4. The first kappa shape index (κ1) is 17.4. The lowest BCUT2D eigenvalue weighted by Crippen LogP contribution is -2.59. The molecule has 0 saturated heterocycles. The van der Waals surface area contributed by atoms with Gasteiger partial charge in [-0.15, -0.1) is 0 Å². The van der Waals surface area contributed by atoms with Gasteiger partial charge in [0.15, 0.2) is 11.2 Å². The van der Waals surface area contributed by atoms with Crippen LogP contribution in [0.15, 0.2) is 21.3 Å². The molecule has 1 aromatic rings. The first-order valence-electron chi connectivity index (χ1n) is 4.97. The van der Waals surface area contributed by atoms with Crippen LogP contribution in [0.25, 0.3) is 0 Å². The van der Waals surface area contributed by atoms with E-state index in [1.54, 1.807) is 0 Å². The van der Waals surface area contributed by atoms with Gasteiger partial charge in [-0.2, -0.15) is 39.5 Å². The van der Waals surface area contributed by atoms with Crippen molar-refractivity contribution in [3.05, 3.63) is 33.9 Å². The standard InChI is InChI=1S/C10H5F9O2/c1-4-2-5(20)3-6(21-4)7(11,12)8(13,14)9(15,16)10(17,18)19/h2-3H,1H3. The quantitative estimate of drug-likeness (QED) is 0.789. The molecule has 0 amide bonds. The van der Waals surface area contributed by atoms with Crippen molar-refractivity contribution in [2.75, 3.05) is 0 Å². The zero-order chi connectivity index (χ0) is 16.9. The topological polar surface area (TPSA) is 30.2 Å². The van der Waals surface area contributed by atoms with Gasteiger partial charge < -0.3 is 4.42 Å². The molecule has 0 aliphatic rings. The third-order valence-electron chi connectivity index (χ3n) is 2.34. The molecule has 11 heteroatoms. The summed E-state index contributed by atoms with van der Waals surface area (Å²) < 4.78 is 118. The smallest absolute Gasteiger partial charge is 0.459 e. The van der Waals surface area contributed by atoms with E-state index in [-0.39, 0.29) is 6.07 Å². The van der Waals surface area contributed by atoms with Crippen LogP contribution in [0.4, 0.5) is 39.5 Å². The molecule has 0 saturated carbocycles. The predicted octanol–water partition coefficient (Wildman–Crippen LogP) is 3.87. The molecular formula is C10H5F9O2. The molecule has 120 valence electrons. The second-order valence-electron chi connectivity index (χ2n) is 3.99. The van der Waals surface area contributed by atoms with Crippen LogP contribution < -0.4 is 5.43 Å². The van der Waals surface area contributed by atoms with Crippen LogP contribution in [-0.4, -0.2) is 18.0 Å². The Labute approximate surface area is 110 Å². The molecule has 0 radical (unpaired) electrons. The van der Waals surface area contributed by atoms with E-state index in [0.717, 1.165) is 6.92 Å². The molecule has 0 N–H and O–H groups in total. The highest BCUT2D eigenvalue weighted by molar-refractivity contribution is 5.16. The van der Waals surface area contributed by atoms with Crippen molar-refractivity contribution in [3.8, 4) is 0 Å². The van der Waals surface area contributed by atoms with Crippen LogP contribution in [0, 0.1) is 6.92 Å². The van der Waals surface area contributed by atoms with E-state index in [4.69, 9.17) is 0 Å². The summed E-state index contributed by atoms with van der Waals surface area (Å²) in [6.45, 7) is 0.848. The zero-order valence-corrected chi connectivity index (χ0v) is 9.87. The monoisotopic (exact) mass is 328 g/mol. The first-order valence-corrected chi connectivity index (χ1v) is 4.97. The average molecular weight is 328 g/mol. The van der Waals surface area contributed by atoms with Gasteiger partial charge in [0.05, 0.1) is 0 Å². The van der Waals surface area contributed by atoms with Crippen LogP contribution in [0.2, 0.25) is 0 Å². The lowest BCUT2D eigenvalue weighted by Gasteiger charge is -2.32. The predicted molar refractivity (Wildman–Crippen MR) is 49.6 cm³/mol. The second kappa shape index (κ2) is 4.67. The maximum atomic E-state index is 13.4. The molecule has 0 atom stereocenters. The Morgan fingerprint density at radius 2 is 1.33 bits per heavy atom. The summed E-state index contributed by atoms with van der Waals surface area (Å²) >= 11 is 0. The van der Waals surface area contributed by atoms with Crippen molar-refractivity contribution in [2.24, 2.45) is 0 Å². The Balaban J connectivity index is 3.50. The van der Waals surface area contributed by atoms with E-state index in [9.17, 15) is 44.3 Å². The first-order chi connectivity index (χ1) is 9.14. The van der Waals surface area contributed by atoms with Gasteiger partial charge in [-0.25, -0.2) is 0 Å². The van der Waals surface area contributed by atoms with E-state index in [0.29, 0.717) is 6.07 Å². The van der Waals surface area contributed by atoms with Gasteiger partial charge in [0.25, 0.3) is 0 Å². The largest absolute Gasteiger partial charge is 0.460 e. The highest BCUT2D eigenvalue weighted by Gasteiger charge is 2.82.